The Bertz CT molecular complexity index is 664. The summed E-state index contributed by atoms with van der Waals surface area (Å²) in [6, 6.07) is 6.15. The lowest BCUT2D eigenvalue weighted by molar-refractivity contribution is 0.0939. The Hall–Kier alpha value is -2.30. The van der Waals surface area contributed by atoms with Gasteiger partial charge >= 0.3 is 0 Å². The van der Waals surface area contributed by atoms with Crippen LogP contribution in [0.4, 0.5) is 4.39 Å². The minimum absolute atomic E-state index is 0.170. The largest absolute Gasteiger partial charge is 0.494 e. The molecule has 0 radical (unpaired) electrons. The predicted molar refractivity (Wildman–Crippen MR) is 79.0 cm³/mol. The second kappa shape index (κ2) is 5.99. The fourth-order valence-electron chi connectivity index (χ4n) is 2.16. The molecule has 0 aliphatic carbocycles. The van der Waals surface area contributed by atoms with Crippen molar-refractivity contribution in [1.82, 2.24) is 9.88 Å². The minimum atomic E-state index is -0.438. The van der Waals surface area contributed by atoms with Gasteiger partial charge < -0.3 is 14.6 Å². The molecule has 0 unspecified atom stereocenters. The van der Waals surface area contributed by atoms with Gasteiger partial charge in [0.25, 0.3) is 5.91 Å². The number of amides is 1. The van der Waals surface area contributed by atoms with Crippen LogP contribution in [0.2, 0.25) is 0 Å². The molecule has 0 aliphatic heterocycles. The van der Waals surface area contributed by atoms with Crippen molar-refractivity contribution in [3.8, 4) is 5.75 Å². The van der Waals surface area contributed by atoms with Gasteiger partial charge in [0.2, 0.25) is 0 Å². The zero-order valence-corrected chi connectivity index (χ0v) is 12.6. The zero-order chi connectivity index (χ0) is 15.6. The van der Waals surface area contributed by atoms with Crippen LogP contribution in [0, 0.1) is 12.7 Å². The van der Waals surface area contributed by atoms with Gasteiger partial charge in [0.05, 0.1) is 18.7 Å². The van der Waals surface area contributed by atoms with E-state index in [9.17, 15) is 9.18 Å². The van der Waals surface area contributed by atoms with Crippen molar-refractivity contribution in [2.24, 2.45) is 7.05 Å². The summed E-state index contributed by atoms with van der Waals surface area (Å²) in [6.07, 6.45) is 1.84. The molecule has 0 spiro atoms. The monoisotopic (exact) mass is 290 g/mol. The molecule has 4 nitrogen and oxygen atoms in total. The molecule has 0 aliphatic rings. The molecule has 1 heterocycles. The van der Waals surface area contributed by atoms with Crippen LogP contribution >= 0.6 is 0 Å². The first-order valence-electron chi connectivity index (χ1n) is 6.70. The van der Waals surface area contributed by atoms with Gasteiger partial charge in [0, 0.05) is 18.9 Å². The van der Waals surface area contributed by atoms with Crippen molar-refractivity contribution in [2.75, 3.05) is 7.11 Å². The van der Waals surface area contributed by atoms with Crippen molar-refractivity contribution in [3.63, 3.8) is 0 Å². The molecule has 0 saturated carbocycles. The Morgan fingerprint density at radius 1 is 1.38 bits per heavy atom. The maximum atomic E-state index is 13.7. The number of methoxy groups -OCH3 is 1. The van der Waals surface area contributed by atoms with E-state index in [0.717, 1.165) is 5.69 Å². The van der Waals surface area contributed by atoms with Crippen LogP contribution in [0.1, 0.15) is 34.6 Å². The van der Waals surface area contributed by atoms with Gasteiger partial charge in [-0.05, 0) is 37.6 Å². The molecule has 0 fully saturated rings. The van der Waals surface area contributed by atoms with Crippen molar-refractivity contribution in [3.05, 3.63) is 53.1 Å². The summed E-state index contributed by atoms with van der Waals surface area (Å²) in [6.45, 7) is 3.70. The molecular formula is C16H19FN2O2. The molecular weight excluding hydrogens is 271 g/mol. The van der Waals surface area contributed by atoms with Crippen molar-refractivity contribution >= 4 is 5.91 Å². The number of ether oxygens (including phenoxy) is 1. The summed E-state index contributed by atoms with van der Waals surface area (Å²) in [4.78, 5) is 12.2. The smallest absolute Gasteiger partial charge is 0.253 e. The molecule has 2 aromatic rings. The number of nitrogens with zero attached hydrogens (tertiary/aromatic N) is 1. The molecule has 5 heteroatoms. The first-order chi connectivity index (χ1) is 9.93. The van der Waals surface area contributed by atoms with Crippen LogP contribution in [-0.4, -0.2) is 17.6 Å². The number of nitrogens with one attached hydrogen (secondary N) is 1. The molecule has 1 atom stereocenters. The van der Waals surface area contributed by atoms with Crippen LogP contribution in [-0.2, 0) is 7.05 Å². The average molecular weight is 290 g/mol. The molecule has 0 bridgehead atoms. The van der Waals surface area contributed by atoms with Crippen LogP contribution in [0.25, 0.3) is 0 Å². The number of halogens is 1. The second-order valence-corrected chi connectivity index (χ2v) is 5.01. The highest BCUT2D eigenvalue weighted by molar-refractivity contribution is 5.95. The van der Waals surface area contributed by atoms with E-state index in [1.54, 1.807) is 18.2 Å². The number of carbonyl (C=O) groups excluding carboxylic acids is 1. The van der Waals surface area contributed by atoms with Gasteiger partial charge in [-0.3, -0.25) is 4.79 Å². The minimum Gasteiger partial charge on any atom is -0.494 e. The first-order valence-corrected chi connectivity index (χ1v) is 6.70. The highest BCUT2D eigenvalue weighted by atomic mass is 19.1. The highest BCUT2D eigenvalue weighted by Gasteiger charge is 2.16. The third kappa shape index (κ3) is 3.07. The van der Waals surface area contributed by atoms with E-state index >= 15 is 0 Å². The van der Waals surface area contributed by atoms with Gasteiger partial charge in [0.1, 0.15) is 0 Å². The van der Waals surface area contributed by atoms with E-state index in [0.29, 0.717) is 11.1 Å². The van der Waals surface area contributed by atoms with E-state index in [1.807, 2.05) is 31.7 Å². The van der Waals surface area contributed by atoms with Gasteiger partial charge in [-0.15, -0.1) is 0 Å². The number of aryl methyl sites for hydroxylation is 1. The van der Waals surface area contributed by atoms with Crippen molar-refractivity contribution in [1.29, 1.82) is 0 Å². The Morgan fingerprint density at radius 3 is 2.62 bits per heavy atom. The third-order valence-electron chi connectivity index (χ3n) is 3.65. The standard InChI is InChI=1S/C16H19FN2O2/c1-10(12-5-6-15(21-4)14(17)9-12)18-16(20)13-7-8-19(3)11(13)2/h5-10H,1-4H3,(H,18,20)/t10-/m0/s1. The molecule has 112 valence electrons. The average Bonchev–Trinajstić information content (AvgIpc) is 2.78. The number of rotatable bonds is 4. The maximum Gasteiger partial charge on any atom is 0.253 e. The predicted octanol–water partition coefficient (Wildman–Crippen LogP) is 2.97. The van der Waals surface area contributed by atoms with Crippen LogP contribution in [0.5, 0.6) is 5.75 Å². The lowest BCUT2D eigenvalue weighted by Crippen LogP contribution is -2.27. The number of hydrogen-bond acceptors (Lipinski definition) is 2. The highest BCUT2D eigenvalue weighted by Crippen LogP contribution is 2.22. The van der Waals surface area contributed by atoms with E-state index < -0.39 is 5.82 Å². The van der Waals surface area contributed by atoms with Gasteiger partial charge in [0.15, 0.2) is 11.6 Å². The molecule has 1 aromatic heterocycles. The number of aromatic nitrogens is 1. The van der Waals surface area contributed by atoms with Crippen LogP contribution in [0.15, 0.2) is 30.5 Å². The number of benzene rings is 1. The summed E-state index contributed by atoms with van der Waals surface area (Å²) >= 11 is 0. The topological polar surface area (TPSA) is 43.3 Å². The van der Waals surface area contributed by atoms with E-state index in [2.05, 4.69) is 5.32 Å². The molecule has 1 aromatic carbocycles. The van der Waals surface area contributed by atoms with E-state index in [-0.39, 0.29) is 17.7 Å². The Balaban J connectivity index is 2.14. The van der Waals surface area contributed by atoms with Crippen molar-refractivity contribution in [2.45, 2.75) is 19.9 Å². The lowest BCUT2D eigenvalue weighted by Gasteiger charge is -2.15. The normalized spacial score (nSPS) is 12.0. The maximum absolute atomic E-state index is 13.7. The van der Waals surface area contributed by atoms with E-state index in [1.165, 1.54) is 13.2 Å². The first kappa shape index (κ1) is 15.1. The quantitative estimate of drug-likeness (QED) is 0.940. The Labute approximate surface area is 123 Å². The van der Waals surface area contributed by atoms with Crippen LogP contribution < -0.4 is 10.1 Å². The SMILES string of the molecule is COc1ccc([C@H](C)NC(=O)c2ccn(C)c2C)cc1F. The summed E-state index contributed by atoms with van der Waals surface area (Å²) in [5.41, 5.74) is 2.20. The van der Waals surface area contributed by atoms with Gasteiger partial charge in [-0.25, -0.2) is 4.39 Å². The fraction of sp³-hybridized carbons (Fsp3) is 0.312. The third-order valence-corrected chi connectivity index (χ3v) is 3.65. The zero-order valence-electron chi connectivity index (χ0n) is 12.6. The second-order valence-electron chi connectivity index (χ2n) is 5.01. The summed E-state index contributed by atoms with van der Waals surface area (Å²) in [5, 5.41) is 2.87. The molecule has 1 amide bonds. The van der Waals surface area contributed by atoms with Gasteiger partial charge in [-0.1, -0.05) is 6.07 Å². The Morgan fingerprint density at radius 2 is 2.10 bits per heavy atom. The fourth-order valence-corrected chi connectivity index (χ4v) is 2.16. The lowest BCUT2D eigenvalue weighted by atomic mass is 10.1. The summed E-state index contributed by atoms with van der Waals surface area (Å²) in [7, 11) is 3.30. The number of hydrogen-bond donors (Lipinski definition) is 1. The molecule has 21 heavy (non-hydrogen) atoms. The van der Waals surface area contributed by atoms with Crippen molar-refractivity contribution < 1.29 is 13.9 Å². The van der Waals surface area contributed by atoms with Crippen LogP contribution in [0.3, 0.4) is 0 Å². The summed E-state index contributed by atoms with van der Waals surface area (Å²) < 4.78 is 20.5. The summed E-state index contributed by atoms with van der Waals surface area (Å²) in [5.74, 6) is -0.417. The molecule has 0 saturated heterocycles. The number of carbonyl (C=O) groups is 1. The van der Waals surface area contributed by atoms with E-state index in [4.69, 9.17) is 4.74 Å². The Kier molecular flexibility index (Phi) is 4.31. The van der Waals surface area contributed by atoms with Gasteiger partial charge in [-0.2, -0.15) is 0 Å². The molecule has 2 rings (SSSR count). The molecule has 1 N–H and O–H groups in total.